The number of hydrogen-bond donors (Lipinski definition) is 1. The molecule has 10 heavy (non-hydrogen) atoms. The number of nitrogens with one attached hydrogen (secondary N) is 1. The lowest BCUT2D eigenvalue weighted by Gasteiger charge is -2.13. The molecule has 0 aromatic rings. The Morgan fingerprint density at radius 2 is 2.50 bits per heavy atom. The van der Waals surface area contributed by atoms with Gasteiger partial charge in [-0.15, -0.1) is 0 Å². The Hall–Kier alpha value is -1.31. The first-order valence-electron chi connectivity index (χ1n) is 3.29. The van der Waals surface area contributed by atoms with Gasteiger partial charge in [0.2, 0.25) is 12.4 Å². The van der Waals surface area contributed by atoms with Crippen molar-refractivity contribution >= 4 is 6.21 Å². The maximum atomic E-state index is 4.02. The standard InChI is InChI=1S/C8H8N2/c1-2-7-3-5-9-6-8(7)10-4-1/h1-6,8,10H/q+1. The van der Waals surface area contributed by atoms with Gasteiger partial charge in [-0.2, -0.15) is 0 Å². The fourth-order valence-corrected chi connectivity index (χ4v) is 1.07. The average molecular weight is 132 g/mol. The summed E-state index contributed by atoms with van der Waals surface area (Å²) in [4.78, 5) is 4.02. The average Bonchev–Trinajstić information content (AvgIpc) is 2.05. The number of rotatable bonds is 0. The quantitative estimate of drug-likeness (QED) is 0.505. The van der Waals surface area contributed by atoms with Crippen molar-refractivity contribution in [2.45, 2.75) is 6.04 Å². The first-order valence-corrected chi connectivity index (χ1v) is 3.29. The molecule has 2 aliphatic rings. The van der Waals surface area contributed by atoms with E-state index in [1.165, 1.54) is 5.57 Å². The molecule has 0 bridgehead atoms. The lowest BCUT2D eigenvalue weighted by Crippen LogP contribution is -2.32. The molecule has 0 saturated heterocycles. The summed E-state index contributed by atoms with van der Waals surface area (Å²) < 4.78 is 0. The zero-order chi connectivity index (χ0) is 6.81. The van der Waals surface area contributed by atoms with Gasteiger partial charge in [-0.25, -0.2) is 0 Å². The number of nitrogens with zero attached hydrogens (tertiary/aromatic N) is 1. The molecule has 0 spiro atoms. The van der Waals surface area contributed by atoms with Crippen molar-refractivity contribution in [1.29, 1.82) is 0 Å². The molecule has 0 saturated carbocycles. The maximum Gasteiger partial charge on any atom is 0.245 e. The summed E-state index contributed by atoms with van der Waals surface area (Å²) in [6.07, 6.45) is 11.7. The Kier molecular flexibility index (Phi) is 1.17. The summed E-state index contributed by atoms with van der Waals surface area (Å²) in [7, 11) is 0. The van der Waals surface area contributed by atoms with E-state index in [9.17, 15) is 0 Å². The van der Waals surface area contributed by atoms with E-state index in [1.807, 2.05) is 30.8 Å². The second kappa shape index (κ2) is 2.14. The van der Waals surface area contributed by atoms with Crippen LogP contribution in [-0.4, -0.2) is 12.3 Å². The van der Waals surface area contributed by atoms with Gasteiger partial charge in [0.1, 0.15) is 6.04 Å². The molecule has 0 amide bonds. The van der Waals surface area contributed by atoms with Gasteiger partial charge < -0.3 is 5.32 Å². The molecule has 2 heterocycles. The summed E-state index contributed by atoms with van der Waals surface area (Å²) in [5, 5.41) is 3.17. The Labute approximate surface area is 59.7 Å². The minimum absolute atomic E-state index is 0.301. The molecule has 0 aliphatic carbocycles. The lowest BCUT2D eigenvalue weighted by molar-refractivity contribution is 0.835. The van der Waals surface area contributed by atoms with Crippen LogP contribution in [0, 0.1) is 0 Å². The molecule has 1 unspecified atom stereocenters. The van der Waals surface area contributed by atoms with E-state index in [0.29, 0.717) is 6.04 Å². The highest BCUT2D eigenvalue weighted by molar-refractivity contribution is 5.72. The second-order valence-corrected chi connectivity index (χ2v) is 2.28. The molecule has 2 heteroatoms. The lowest BCUT2D eigenvalue weighted by atomic mass is 10.0. The molecular weight excluding hydrogens is 124 g/mol. The highest BCUT2D eigenvalue weighted by atomic mass is 14.9. The molecule has 0 aromatic carbocycles. The van der Waals surface area contributed by atoms with E-state index in [-0.39, 0.29) is 0 Å². The van der Waals surface area contributed by atoms with Crippen molar-refractivity contribution in [3.63, 3.8) is 0 Å². The van der Waals surface area contributed by atoms with Crippen LogP contribution >= 0.6 is 0 Å². The third kappa shape index (κ3) is 0.778. The van der Waals surface area contributed by atoms with Crippen LogP contribution in [0.2, 0.25) is 0 Å². The van der Waals surface area contributed by atoms with Gasteiger partial charge in [-0.1, -0.05) is 6.08 Å². The summed E-state index contributed by atoms with van der Waals surface area (Å²) in [5.41, 5.74) is 1.28. The predicted octanol–water partition coefficient (Wildman–Crippen LogP) is 0.332. The van der Waals surface area contributed by atoms with Crippen molar-refractivity contribution in [3.8, 4) is 0 Å². The van der Waals surface area contributed by atoms with Crippen LogP contribution in [0.3, 0.4) is 0 Å². The first kappa shape index (κ1) is 5.47. The van der Waals surface area contributed by atoms with Gasteiger partial charge in [0.15, 0.2) is 0 Å². The van der Waals surface area contributed by atoms with E-state index in [4.69, 9.17) is 0 Å². The minimum Gasteiger partial charge on any atom is -0.375 e. The highest BCUT2D eigenvalue weighted by Gasteiger charge is 2.17. The highest BCUT2D eigenvalue weighted by Crippen LogP contribution is 2.08. The molecule has 0 aromatic heterocycles. The summed E-state index contributed by atoms with van der Waals surface area (Å²) in [6, 6.07) is 0.301. The van der Waals surface area contributed by atoms with Crippen LogP contribution in [-0.2, 0) is 0 Å². The van der Waals surface area contributed by atoms with Gasteiger partial charge in [0, 0.05) is 6.08 Å². The molecule has 1 radical (unpaired) electrons. The van der Waals surface area contributed by atoms with Crippen molar-refractivity contribution in [1.82, 2.24) is 10.3 Å². The zero-order valence-electron chi connectivity index (χ0n) is 5.49. The van der Waals surface area contributed by atoms with Crippen LogP contribution in [0.5, 0.6) is 0 Å². The topological polar surface area (TPSA) is 26.1 Å². The first-order chi connectivity index (χ1) is 4.97. The van der Waals surface area contributed by atoms with Crippen molar-refractivity contribution in [3.05, 3.63) is 36.2 Å². The van der Waals surface area contributed by atoms with Crippen LogP contribution in [0.25, 0.3) is 0 Å². The second-order valence-electron chi connectivity index (χ2n) is 2.28. The maximum absolute atomic E-state index is 4.02. The Morgan fingerprint density at radius 3 is 3.40 bits per heavy atom. The third-order valence-corrected chi connectivity index (χ3v) is 1.61. The summed E-state index contributed by atoms with van der Waals surface area (Å²) in [6.45, 7) is 0. The van der Waals surface area contributed by atoms with Gasteiger partial charge >= 0.3 is 0 Å². The molecule has 0 fully saturated rings. The molecule has 1 N–H and O–H groups in total. The fourth-order valence-electron chi connectivity index (χ4n) is 1.07. The molecule has 2 aliphatic heterocycles. The normalized spacial score (nSPS) is 27.2. The van der Waals surface area contributed by atoms with Crippen LogP contribution in [0.1, 0.15) is 0 Å². The van der Waals surface area contributed by atoms with Crippen molar-refractivity contribution in [2.75, 3.05) is 0 Å². The SMILES string of the molecule is C1=CNC2C=[N+]C=CC2=C1. The van der Waals surface area contributed by atoms with Crippen molar-refractivity contribution in [2.24, 2.45) is 0 Å². The molecule has 49 valence electrons. The number of dihydropyridines is 1. The zero-order valence-corrected chi connectivity index (χ0v) is 5.49. The molecule has 2 rings (SSSR count). The van der Waals surface area contributed by atoms with Gasteiger partial charge in [0.25, 0.3) is 0 Å². The molecule has 2 nitrogen and oxygen atoms in total. The van der Waals surface area contributed by atoms with E-state index >= 15 is 0 Å². The van der Waals surface area contributed by atoms with Crippen LogP contribution in [0.15, 0.2) is 36.2 Å². The Morgan fingerprint density at radius 1 is 1.50 bits per heavy atom. The molecular formula is C8H8N2+. The largest absolute Gasteiger partial charge is 0.375 e. The third-order valence-electron chi connectivity index (χ3n) is 1.61. The van der Waals surface area contributed by atoms with E-state index < -0.39 is 0 Å². The Balaban J connectivity index is 2.34. The van der Waals surface area contributed by atoms with E-state index in [1.54, 1.807) is 0 Å². The van der Waals surface area contributed by atoms with Gasteiger partial charge in [0.05, 0.1) is 4.99 Å². The molecule has 1 atom stereocenters. The summed E-state index contributed by atoms with van der Waals surface area (Å²) in [5.74, 6) is 0. The van der Waals surface area contributed by atoms with E-state index in [0.717, 1.165) is 0 Å². The fraction of sp³-hybridized carbons (Fsp3) is 0.125. The monoisotopic (exact) mass is 132 g/mol. The van der Waals surface area contributed by atoms with Crippen LogP contribution in [0.4, 0.5) is 0 Å². The van der Waals surface area contributed by atoms with Gasteiger partial charge in [-0.3, -0.25) is 0 Å². The van der Waals surface area contributed by atoms with E-state index in [2.05, 4.69) is 16.4 Å². The van der Waals surface area contributed by atoms with Gasteiger partial charge in [-0.05, 0) is 17.8 Å². The number of fused-ring (bicyclic) bond motifs is 1. The number of hydrogen-bond acceptors (Lipinski definition) is 2. The predicted molar refractivity (Wildman–Crippen MR) is 41.5 cm³/mol. The number of aliphatic imine (C=N–C) groups is 1. The Bertz CT molecular complexity index is 246. The minimum atomic E-state index is 0.301. The number of allylic oxidation sites excluding steroid dienone is 2. The van der Waals surface area contributed by atoms with Crippen LogP contribution < -0.4 is 10.3 Å². The van der Waals surface area contributed by atoms with Crippen molar-refractivity contribution < 1.29 is 0 Å². The smallest absolute Gasteiger partial charge is 0.245 e. The summed E-state index contributed by atoms with van der Waals surface area (Å²) >= 11 is 0.